The maximum atomic E-state index is 14.2. The molecule has 0 aliphatic rings. The molecule has 0 aliphatic heterocycles. The highest BCUT2D eigenvalue weighted by Gasteiger charge is 2.16. The Kier molecular flexibility index (Phi) is 5.31. The Hall–Kier alpha value is -3.15. The van der Waals surface area contributed by atoms with Crippen molar-refractivity contribution < 1.29 is 13.9 Å². The molecule has 0 saturated carbocycles. The average Bonchev–Trinajstić information content (AvgIpc) is 3.04. The molecular formula is C20H20FN3O2. The summed E-state index contributed by atoms with van der Waals surface area (Å²) in [4.78, 5) is 12.4. The van der Waals surface area contributed by atoms with E-state index in [0.29, 0.717) is 29.2 Å². The van der Waals surface area contributed by atoms with Gasteiger partial charge in [0.05, 0.1) is 12.8 Å². The molecule has 1 heterocycles. The fourth-order valence-corrected chi connectivity index (χ4v) is 2.70. The minimum Gasteiger partial charge on any atom is -0.497 e. The number of amides is 1. The van der Waals surface area contributed by atoms with Gasteiger partial charge in [0.25, 0.3) is 5.91 Å². The summed E-state index contributed by atoms with van der Waals surface area (Å²) in [6.45, 7) is 0.514. The molecule has 6 heteroatoms. The highest BCUT2D eigenvalue weighted by molar-refractivity contribution is 5.93. The molecule has 0 radical (unpaired) electrons. The predicted molar refractivity (Wildman–Crippen MR) is 97.6 cm³/mol. The van der Waals surface area contributed by atoms with E-state index >= 15 is 0 Å². The predicted octanol–water partition coefficient (Wildman–Crippen LogP) is 3.21. The largest absolute Gasteiger partial charge is 0.497 e. The number of halogens is 1. The molecule has 134 valence electrons. The summed E-state index contributed by atoms with van der Waals surface area (Å²) < 4.78 is 20.7. The third-order valence-electron chi connectivity index (χ3n) is 4.11. The number of carbonyl (C=O) groups excluding carboxylic acids is 1. The van der Waals surface area contributed by atoms with Crippen molar-refractivity contribution >= 4 is 5.91 Å². The van der Waals surface area contributed by atoms with Crippen LogP contribution >= 0.6 is 0 Å². The van der Waals surface area contributed by atoms with Crippen molar-refractivity contribution in [2.24, 2.45) is 7.05 Å². The molecule has 2 aromatic carbocycles. The molecule has 0 unspecified atom stereocenters. The van der Waals surface area contributed by atoms with Crippen molar-refractivity contribution in [1.82, 2.24) is 15.1 Å². The zero-order valence-electron chi connectivity index (χ0n) is 14.7. The van der Waals surface area contributed by atoms with Gasteiger partial charge in [-0.05, 0) is 30.2 Å². The lowest BCUT2D eigenvalue weighted by Gasteiger charge is -2.05. The molecule has 3 rings (SSSR count). The summed E-state index contributed by atoms with van der Waals surface area (Å²) in [5.74, 6) is -0.254. The topological polar surface area (TPSA) is 56.1 Å². The second-order valence-corrected chi connectivity index (χ2v) is 5.88. The van der Waals surface area contributed by atoms with Crippen LogP contribution in [0.4, 0.5) is 4.39 Å². The summed E-state index contributed by atoms with van der Waals surface area (Å²) in [6.07, 6.45) is 0.740. The molecule has 5 nitrogen and oxygen atoms in total. The Labute approximate surface area is 151 Å². The van der Waals surface area contributed by atoms with Gasteiger partial charge in [0, 0.05) is 25.2 Å². The van der Waals surface area contributed by atoms with Crippen molar-refractivity contribution in [2.75, 3.05) is 13.7 Å². The van der Waals surface area contributed by atoms with Crippen LogP contribution in [0.3, 0.4) is 0 Å². The smallest absolute Gasteiger partial charge is 0.269 e. The van der Waals surface area contributed by atoms with Crippen LogP contribution in [0.15, 0.2) is 54.6 Å². The van der Waals surface area contributed by atoms with Gasteiger partial charge < -0.3 is 10.1 Å². The zero-order chi connectivity index (χ0) is 18.5. The highest BCUT2D eigenvalue weighted by atomic mass is 19.1. The fraction of sp³-hybridized carbons (Fsp3) is 0.200. The molecule has 1 N–H and O–H groups in total. The number of aromatic nitrogens is 2. The summed E-state index contributed by atoms with van der Waals surface area (Å²) in [6, 6.07) is 16.0. The van der Waals surface area contributed by atoms with E-state index < -0.39 is 5.82 Å². The van der Waals surface area contributed by atoms with Gasteiger partial charge >= 0.3 is 0 Å². The van der Waals surface area contributed by atoms with E-state index in [2.05, 4.69) is 10.4 Å². The number of methoxy groups -OCH3 is 1. The Morgan fingerprint density at radius 1 is 1.19 bits per heavy atom. The lowest BCUT2D eigenvalue weighted by molar-refractivity contribution is 0.0944. The number of rotatable bonds is 6. The summed E-state index contributed by atoms with van der Waals surface area (Å²) in [5, 5.41) is 7.13. The van der Waals surface area contributed by atoms with Crippen LogP contribution in [0.1, 0.15) is 16.1 Å². The maximum Gasteiger partial charge on any atom is 0.269 e. The van der Waals surface area contributed by atoms with E-state index in [4.69, 9.17) is 4.74 Å². The first-order valence-electron chi connectivity index (χ1n) is 8.28. The van der Waals surface area contributed by atoms with Crippen LogP contribution in [-0.2, 0) is 13.5 Å². The maximum absolute atomic E-state index is 14.2. The molecule has 3 aromatic rings. The molecule has 0 spiro atoms. The van der Waals surface area contributed by atoms with Gasteiger partial charge in [-0.3, -0.25) is 9.48 Å². The molecule has 1 aromatic heterocycles. The van der Waals surface area contributed by atoms with Gasteiger partial charge in [0.15, 0.2) is 0 Å². The summed E-state index contributed by atoms with van der Waals surface area (Å²) in [5.41, 5.74) is 2.26. The molecule has 0 fully saturated rings. The van der Waals surface area contributed by atoms with E-state index in [9.17, 15) is 9.18 Å². The van der Waals surface area contributed by atoms with Crippen LogP contribution in [0.2, 0.25) is 0 Å². The number of hydrogen-bond donors (Lipinski definition) is 1. The van der Waals surface area contributed by atoms with E-state index in [0.717, 1.165) is 12.0 Å². The average molecular weight is 353 g/mol. The first-order chi connectivity index (χ1) is 12.6. The van der Waals surface area contributed by atoms with Crippen molar-refractivity contribution in [3.63, 3.8) is 0 Å². The monoisotopic (exact) mass is 353 g/mol. The van der Waals surface area contributed by atoms with E-state index in [-0.39, 0.29) is 5.91 Å². The van der Waals surface area contributed by atoms with E-state index in [1.165, 1.54) is 17.9 Å². The number of nitrogens with zero attached hydrogens (tertiary/aromatic N) is 2. The van der Waals surface area contributed by atoms with E-state index in [1.54, 1.807) is 25.2 Å². The van der Waals surface area contributed by atoms with Gasteiger partial charge in [0.1, 0.15) is 17.3 Å². The van der Waals surface area contributed by atoms with Crippen molar-refractivity contribution in [2.45, 2.75) is 6.42 Å². The lowest BCUT2D eigenvalue weighted by atomic mass is 10.1. The second kappa shape index (κ2) is 7.82. The van der Waals surface area contributed by atoms with Crippen LogP contribution in [-0.4, -0.2) is 29.3 Å². The highest BCUT2D eigenvalue weighted by Crippen LogP contribution is 2.25. The fourth-order valence-electron chi connectivity index (χ4n) is 2.70. The van der Waals surface area contributed by atoms with Gasteiger partial charge in [-0.2, -0.15) is 5.10 Å². The minimum atomic E-state index is -0.446. The SMILES string of the molecule is COc1ccc(-c2cc(C(=O)NCCc3ccccc3)n(C)n2)c(F)c1. The number of benzene rings is 2. The van der Waals surface area contributed by atoms with Crippen LogP contribution in [0, 0.1) is 5.82 Å². The number of carbonyl (C=O) groups is 1. The quantitative estimate of drug-likeness (QED) is 0.740. The molecule has 1 amide bonds. The standard InChI is InChI=1S/C20H20FN3O2/c1-24-19(20(25)22-11-10-14-6-4-3-5-7-14)13-18(23-24)16-9-8-15(26-2)12-17(16)21/h3-9,12-13H,10-11H2,1-2H3,(H,22,25). The van der Waals surface area contributed by atoms with E-state index in [1.807, 2.05) is 30.3 Å². The van der Waals surface area contributed by atoms with Crippen molar-refractivity contribution in [1.29, 1.82) is 0 Å². The number of ether oxygens (including phenoxy) is 1. The Bertz CT molecular complexity index is 907. The van der Waals surface area contributed by atoms with Crippen molar-refractivity contribution in [3.05, 3.63) is 71.7 Å². The van der Waals surface area contributed by atoms with Crippen LogP contribution in [0.5, 0.6) is 5.75 Å². The molecule has 0 atom stereocenters. The lowest BCUT2D eigenvalue weighted by Crippen LogP contribution is -2.27. The van der Waals surface area contributed by atoms with Crippen molar-refractivity contribution in [3.8, 4) is 17.0 Å². The minimum absolute atomic E-state index is 0.240. The van der Waals surface area contributed by atoms with Gasteiger partial charge in [-0.25, -0.2) is 4.39 Å². The third-order valence-corrected chi connectivity index (χ3v) is 4.11. The first kappa shape index (κ1) is 17.7. The Morgan fingerprint density at radius 2 is 1.96 bits per heavy atom. The zero-order valence-corrected chi connectivity index (χ0v) is 14.7. The number of hydrogen-bond acceptors (Lipinski definition) is 3. The number of aryl methyl sites for hydroxylation is 1. The summed E-state index contributed by atoms with van der Waals surface area (Å²) in [7, 11) is 3.14. The molecule has 0 saturated heterocycles. The molecule has 26 heavy (non-hydrogen) atoms. The Morgan fingerprint density at radius 3 is 2.65 bits per heavy atom. The second-order valence-electron chi connectivity index (χ2n) is 5.88. The van der Waals surface area contributed by atoms with Crippen LogP contribution in [0.25, 0.3) is 11.3 Å². The molecular weight excluding hydrogens is 333 g/mol. The van der Waals surface area contributed by atoms with Gasteiger partial charge in [-0.15, -0.1) is 0 Å². The van der Waals surface area contributed by atoms with Gasteiger partial charge in [0.2, 0.25) is 0 Å². The van der Waals surface area contributed by atoms with Crippen LogP contribution < -0.4 is 10.1 Å². The molecule has 0 aliphatic carbocycles. The number of nitrogens with one attached hydrogen (secondary N) is 1. The normalized spacial score (nSPS) is 10.6. The molecule has 0 bridgehead atoms. The summed E-state index contributed by atoms with van der Waals surface area (Å²) >= 11 is 0. The first-order valence-corrected chi connectivity index (χ1v) is 8.28. The van der Waals surface area contributed by atoms with Gasteiger partial charge in [-0.1, -0.05) is 30.3 Å². The Balaban J connectivity index is 1.70. The third kappa shape index (κ3) is 3.91.